The molecule has 0 bridgehead atoms. The minimum absolute atomic E-state index is 0.0212. The van der Waals surface area contributed by atoms with Crippen LogP contribution in [0.1, 0.15) is 48.3 Å². The van der Waals surface area contributed by atoms with Gasteiger partial charge in [-0.15, -0.1) is 0 Å². The van der Waals surface area contributed by atoms with Gasteiger partial charge in [0.1, 0.15) is 17.5 Å². The molecule has 0 radical (unpaired) electrons. The quantitative estimate of drug-likeness (QED) is 0.647. The van der Waals surface area contributed by atoms with Gasteiger partial charge in [0.05, 0.1) is 23.1 Å². The predicted molar refractivity (Wildman–Crippen MR) is 105 cm³/mol. The molecule has 1 amide bonds. The molecule has 1 heterocycles. The van der Waals surface area contributed by atoms with Gasteiger partial charge < -0.3 is 5.32 Å². The first-order chi connectivity index (χ1) is 13.8. The molecule has 3 aromatic rings. The van der Waals surface area contributed by atoms with Crippen LogP contribution in [0.4, 0.5) is 13.2 Å². The first-order valence-electron chi connectivity index (χ1n) is 9.35. The van der Waals surface area contributed by atoms with E-state index in [1.807, 2.05) is 13.8 Å². The van der Waals surface area contributed by atoms with E-state index in [9.17, 15) is 18.0 Å². The summed E-state index contributed by atoms with van der Waals surface area (Å²) in [6.45, 7) is 5.53. The van der Waals surface area contributed by atoms with Crippen molar-refractivity contribution >= 4 is 5.91 Å². The number of aromatic nitrogens is 2. The SMILES string of the molecule is CC(Cc1c(F)cccc1F)NC(=O)c1cnn(-c2ccc(F)cc2)c1C(C)C. The van der Waals surface area contributed by atoms with Gasteiger partial charge in [0, 0.05) is 11.6 Å². The van der Waals surface area contributed by atoms with E-state index < -0.39 is 17.7 Å². The lowest BCUT2D eigenvalue weighted by atomic mass is 10.0. The van der Waals surface area contributed by atoms with Crippen LogP contribution in [0.3, 0.4) is 0 Å². The molecule has 0 fully saturated rings. The number of carbonyl (C=O) groups is 1. The molecule has 152 valence electrons. The molecule has 29 heavy (non-hydrogen) atoms. The maximum absolute atomic E-state index is 13.9. The molecule has 1 N–H and O–H groups in total. The van der Waals surface area contributed by atoms with Crippen molar-refractivity contribution in [2.24, 2.45) is 0 Å². The van der Waals surface area contributed by atoms with Crippen molar-refractivity contribution < 1.29 is 18.0 Å². The van der Waals surface area contributed by atoms with Gasteiger partial charge in [-0.3, -0.25) is 4.79 Å². The monoisotopic (exact) mass is 401 g/mol. The summed E-state index contributed by atoms with van der Waals surface area (Å²) >= 11 is 0. The molecule has 0 aliphatic rings. The number of amides is 1. The zero-order chi connectivity index (χ0) is 21.1. The Morgan fingerprint density at radius 1 is 1.03 bits per heavy atom. The lowest BCUT2D eigenvalue weighted by molar-refractivity contribution is 0.0938. The van der Waals surface area contributed by atoms with Crippen LogP contribution in [0.25, 0.3) is 5.69 Å². The number of nitrogens with zero attached hydrogens (tertiary/aromatic N) is 2. The lowest BCUT2D eigenvalue weighted by Crippen LogP contribution is -2.35. The molecule has 1 unspecified atom stereocenters. The normalized spacial score (nSPS) is 12.2. The van der Waals surface area contributed by atoms with Gasteiger partial charge >= 0.3 is 0 Å². The molecule has 7 heteroatoms. The van der Waals surface area contributed by atoms with Gasteiger partial charge in [-0.05, 0) is 55.7 Å². The van der Waals surface area contributed by atoms with Crippen LogP contribution < -0.4 is 5.32 Å². The number of hydrogen-bond donors (Lipinski definition) is 1. The Bertz CT molecular complexity index is 992. The van der Waals surface area contributed by atoms with Crippen molar-refractivity contribution in [2.75, 3.05) is 0 Å². The van der Waals surface area contributed by atoms with E-state index in [2.05, 4.69) is 10.4 Å². The van der Waals surface area contributed by atoms with Gasteiger partial charge in [-0.25, -0.2) is 17.9 Å². The third-order valence-electron chi connectivity index (χ3n) is 4.62. The molecular weight excluding hydrogens is 379 g/mol. The van der Waals surface area contributed by atoms with E-state index in [-0.39, 0.29) is 29.6 Å². The number of benzene rings is 2. The summed E-state index contributed by atoms with van der Waals surface area (Å²) in [5, 5.41) is 7.07. The Hall–Kier alpha value is -3.09. The smallest absolute Gasteiger partial charge is 0.255 e. The average Bonchev–Trinajstić information content (AvgIpc) is 3.11. The third kappa shape index (κ3) is 4.50. The Morgan fingerprint density at radius 3 is 2.24 bits per heavy atom. The van der Waals surface area contributed by atoms with Crippen molar-refractivity contribution in [3.8, 4) is 5.69 Å². The molecule has 0 saturated carbocycles. The highest BCUT2D eigenvalue weighted by Crippen LogP contribution is 2.23. The van der Waals surface area contributed by atoms with Crippen molar-refractivity contribution in [1.29, 1.82) is 0 Å². The fourth-order valence-electron chi connectivity index (χ4n) is 3.26. The minimum Gasteiger partial charge on any atom is -0.349 e. The van der Waals surface area contributed by atoms with E-state index in [4.69, 9.17) is 0 Å². The number of carbonyl (C=O) groups excluding carboxylic acids is 1. The molecule has 0 aliphatic carbocycles. The highest BCUT2D eigenvalue weighted by Gasteiger charge is 2.23. The molecule has 4 nitrogen and oxygen atoms in total. The van der Waals surface area contributed by atoms with Crippen LogP contribution in [0.5, 0.6) is 0 Å². The molecule has 2 aromatic carbocycles. The summed E-state index contributed by atoms with van der Waals surface area (Å²) in [7, 11) is 0. The summed E-state index contributed by atoms with van der Waals surface area (Å²) in [6.07, 6.45) is 1.47. The topological polar surface area (TPSA) is 46.9 Å². The Labute approximate surface area is 167 Å². The predicted octanol–water partition coefficient (Wildman–Crippen LogP) is 4.77. The minimum atomic E-state index is -0.641. The first kappa shape index (κ1) is 20.6. The fourth-order valence-corrected chi connectivity index (χ4v) is 3.26. The maximum Gasteiger partial charge on any atom is 0.255 e. The van der Waals surface area contributed by atoms with E-state index in [1.54, 1.807) is 23.7 Å². The molecule has 0 saturated heterocycles. The summed E-state index contributed by atoms with van der Waals surface area (Å²) in [4.78, 5) is 12.8. The van der Waals surface area contributed by atoms with Crippen LogP contribution in [0.2, 0.25) is 0 Å². The van der Waals surface area contributed by atoms with Crippen molar-refractivity contribution in [1.82, 2.24) is 15.1 Å². The highest BCUT2D eigenvalue weighted by atomic mass is 19.1. The maximum atomic E-state index is 13.9. The van der Waals surface area contributed by atoms with Crippen molar-refractivity contribution in [3.63, 3.8) is 0 Å². The van der Waals surface area contributed by atoms with Crippen LogP contribution in [-0.2, 0) is 6.42 Å². The van der Waals surface area contributed by atoms with Crippen molar-refractivity contribution in [3.05, 3.63) is 82.9 Å². The van der Waals surface area contributed by atoms with Crippen molar-refractivity contribution in [2.45, 2.75) is 39.2 Å². The number of rotatable bonds is 6. The third-order valence-corrected chi connectivity index (χ3v) is 4.62. The van der Waals surface area contributed by atoms with E-state index in [1.165, 1.54) is 36.5 Å². The van der Waals surface area contributed by atoms with Gasteiger partial charge in [-0.2, -0.15) is 5.10 Å². The molecule has 3 rings (SSSR count). The second-order valence-electron chi connectivity index (χ2n) is 7.27. The van der Waals surface area contributed by atoms with Crippen LogP contribution in [-0.4, -0.2) is 21.7 Å². The summed E-state index contributed by atoms with van der Waals surface area (Å²) in [5.74, 6) is -2.07. The highest BCUT2D eigenvalue weighted by molar-refractivity contribution is 5.95. The largest absolute Gasteiger partial charge is 0.349 e. The lowest BCUT2D eigenvalue weighted by Gasteiger charge is -2.17. The second-order valence-corrected chi connectivity index (χ2v) is 7.27. The van der Waals surface area contributed by atoms with Gasteiger partial charge in [-0.1, -0.05) is 19.9 Å². The Kier molecular flexibility index (Phi) is 6.06. The summed E-state index contributed by atoms with van der Waals surface area (Å²) in [5.41, 5.74) is 1.60. The van der Waals surface area contributed by atoms with E-state index >= 15 is 0 Å². The summed E-state index contributed by atoms with van der Waals surface area (Å²) in [6, 6.07) is 9.00. The van der Waals surface area contributed by atoms with Gasteiger partial charge in [0.25, 0.3) is 5.91 Å². The summed E-state index contributed by atoms with van der Waals surface area (Å²) < 4.78 is 42.6. The molecule has 1 aromatic heterocycles. The van der Waals surface area contributed by atoms with E-state index in [0.717, 1.165) is 0 Å². The fraction of sp³-hybridized carbons (Fsp3) is 0.273. The molecule has 0 aliphatic heterocycles. The van der Waals surface area contributed by atoms with Crippen LogP contribution >= 0.6 is 0 Å². The second kappa shape index (κ2) is 8.51. The van der Waals surface area contributed by atoms with Crippen LogP contribution in [0, 0.1) is 17.5 Å². The first-order valence-corrected chi connectivity index (χ1v) is 9.35. The van der Waals surface area contributed by atoms with Gasteiger partial charge in [0.15, 0.2) is 0 Å². The average molecular weight is 401 g/mol. The molecule has 1 atom stereocenters. The van der Waals surface area contributed by atoms with E-state index in [0.29, 0.717) is 16.9 Å². The van der Waals surface area contributed by atoms with Crippen LogP contribution in [0.15, 0.2) is 48.7 Å². The standard InChI is InChI=1S/C22H22F3N3O/c1-13(2)21-18(12-26-28(21)16-9-7-15(23)8-10-16)22(29)27-14(3)11-17-19(24)5-4-6-20(17)25/h4-10,12-14H,11H2,1-3H3,(H,27,29). The Morgan fingerprint density at radius 2 is 1.66 bits per heavy atom. The Balaban J connectivity index is 1.83. The zero-order valence-corrected chi connectivity index (χ0v) is 16.4. The number of halogens is 3. The van der Waals surface area contributed by atoms with Gasteiger partial charge in [0.2, 0.25) is 0 Å². The zero-order valence-electron chi connectivity index (χ0n) is 16.4. The molecular formula is C22H22F3N3O. The molecule has 0 spiro atoms. The number of hydrogen-bond acceptors (Lipinski definition) is 2. The number of nitrogens with one attached hydrogen (secondary N) is 1.